The van der Waals surface area contributed by atoms with Crippen LogP contribution >= 0.6 is 0 Å². The zero-order chi connectivity index (χ0) is 18.9. The number of carbonyl (C=O) groups excluding carboxylic acids is 1. The van der Waals surface area contributed by atoms with E-state index in [0.29, 0.717) is 18.8 Å². The Hall–Kier alpha value is -3.03. The van der Waals surface area contributed by atoms with Crippen molar-refractivity contribution in [1.82, 2.24) is 4.90 Å². The summed E-state index contributed by atoms with van der Waals surface area (Å²) in [5, 5.41) is 2.96. The van der Waals surface area contributed by atoms with Gasteiger partial charge in [-0.05, 0) is 24.3 Å². The van der Waals surface area contributed by atoms with Crippen molar-refractivity contribution in [3.05, 3.63) is 48.5 Å². The van der Waals surface area contributed by atoms with Crippen LogP contribution < -0.4 is 19.7 Å². The number of nitrogens with zero attached hydrogens (tertiary/aromatic N) is 2. The number of para-hydroxylation sites is 1. The Morgan fingerprint density at radius 3 is 2.44 bits per heavy atom. The van der Waals surface area contributed by atoms with Crippen LogP contribution in [0.2, 0.25) is 0 Å². The molecule has 2 heterocycles. The van der Waals surface area contributed by atoms with E-state index < -0.39 is 6.29 Å². The molecule has 0 atom stereocenters. The van der Waals surface area contributed by atoms with Crippen LogP contribution in [0.1, 0.15) is 0 Å². The van der Waals surface area contributed by atoms with Crippen molar-refractivity contribution < 1.29 is 23.0 Å². The summed E-state index contributed by atoms with van der Waals surface area (Å²) < 4.78 is 34.9. The molecule has 142 valence electrons. The molecule has 0 saturated carbocycles. The second kappa shape index (κ2) is 6.94. The molecule has 0 bridgehead atoms. The molecular weight excluding hydrogens is 356 g/mol. The van der Waals surface area contributed by atoms with E-state index in [-0.39, 0.29) is 24.0 Å². The lowest BCUT2D eigenvalue weighted by molar-refractivity contribution is -0.286. The van der Waals surface area contributed by atoms with E-state index in [1.54, 1.807) is 11.0 Å². The number of amides is 1. The van der Waals surface area contributed by atoms with Gasteiger partial charge in [-0.15, -0.1) is 8.78 Å². The number of rotatable bonds is 4. The minimum absolute atomic E-state index is 0.0195. The Kier molecular flexibility index (Phi) is 4.47. The fourth-order valence-electron chi connectivity index (χ4n) is 3.20. The average molecular weight is 375 g/mol. The van der Waals surface area contributed by atoms with Gasteiger partial charge in [-0.3, -0.25) is 4.79 Å². The minimum Gasteiger partial charge on any atom is -0.395 e. The molecule has 1 fully saturated rings. The first-order valence-corrected chi connectivity index (χ1v) is 8.72. The molecule has 1 N–H and O–H groups in total. The zero-order valence-electron chi connectivity index (χ0n) is 14.5. The number of hydrogen-bond donors (Lipinski definition) is 1. The number of carbonyl (C=O) groups is 1. The summed E-state index contributed by atoms with van der Waals surface area (Å²) in [6.45, 7) is 2.91. The highest BCUT2D eigenvalue weighted by Crippen LogP contribution is 2.42. The number of nitrogens with one attached hydrogen (secondary N) is 1. The molecule has 4 rings (SSSR count). The molecule has 8 heteroatoms. The molecule has 1 saturated heterocycles. The minimum atomic E-state index is -3.64. The van der Waals surface area contributed by atoms with E-state index in [4.69, 9.17) is 0 Å². The number of benzene rings is 2. The number of hydrogen-bond acceptors (Lipinski definition) is 5. The predicted molar refractivity (Wildman–Crippen MR) is 96.4 cm³/mol. The van der Waals surface area contributed by atoms with E-state index >= 15 is 0 Å². The zero-order valence-corrected chi connectivity index (χ0v) is 14.5. The summed E-state index contributed by atoms with van der Waals surface area (Å²) in [4.78, 5) is 16.5. The third-order valence-electron chi connectivity index (χ3n) is 4.60. The molecule has 2 aliphatic rings. The number of fused-ring (bicyclic) bond motifs is 1. The van der Waals surface area contributed by atoms with E-state index in [9.17, 15) is 13.6 Å². The summed E-state index contributed by atoms with van der Waals surface area (Å²) in [5.41, 5.74) is 1.67. The molecule has 0 aromatic heterocycles. The van der Waals surface area contributed by atoms with Crippen molar-refractivity contribution in [3.8, 4) is 11.5 Å². The largest absolute Gasteiger partial charge is 0.586 e. The molecule has 6 nitrogen and oxygen atoms in total. The van der Waals surface area contributed by atoms with Crippen molar-refractivity contribution in [2.45, 2.75) is 6.29 Å². The maximum atomic E-state index is 13.1. The van der Waals surface area contributed by atoms with Crippen molar-refractivity contribution in [2.24, 2.45) is 0 Å². The van der Waals surface area contributed by atoms with Gasteiger partial charge in [-0.25, -0.2) is 0 Å². The van der Waals surface area contributed by atoms with E-state index in [2.05, 4.69) is 31.8 Å². The number of halogens is 2. The SMILES string of the molecule is O=C(CNc1ccc2c(c1)OC(F)(F)O2)N1CCN(c2ccccc2)CC1. The number of piperazine rings is 1. The molecule has 2 aromatic carbocycles. The van der Waals surface area contributed by atoms with Crippen LogP contribution in [0, 0.1) is 0 Å². The molecule has 27 heavy (non-hydrogen) atoms. The lowest BCUT2D eigenvalue weighted by atomic mass is 10.2. The normalized spacial score (nSPS) is 17.7. The Bertz CT molecular complexity index is 824. The Balaban J connectivity index is 1.28. The number of ether oxygens (including phenoxy) is 2. The molecule has 0 spiro atoms. The van der Waals surface area contributed by atoms with Gasteiger partial charge in [0.25, 0.3) is 0 Å². The van der Waals surface area contributed by atoms with Gasteiger partial charge in [0.05, 0.1) is 6.54 Å². The third-order valence-corrected chi connectivity index (χ3v) is 4.60. The van der Waals surface area contributed by atoms with Gasteiger partial charge in [-0.1, -0.05) is 18.2 Å². The predicted octanol–water partition coefficient (Wildman–Crippen LogP) is 2.77. The third kappa shape index (κ3) is 3.89. The Morgan fingerprint density at radius 1 is 1.00 bits per heavy atom. The highest BCUT2D eigenvalue weighted by molar-refractivity contribution is 5.81. The van der Waals surface area contributed by atoms with Gasteiger partial charge in [0.1, 0.15) is 0 Å². The maximum absolute atomic E-state index is 13.1. The summed E-state index contributed by atoms with van der Waals surface area (Å²) in [6, 6.07) is 14.5. The van der Waals surface area contributed by atoms with Crippen LogP contribution in [0.25, 0.3) is 0 Å². The maximum Gasteiger partial charge on any atom is 0.586 e. The number of anilines is 2. The highest BCUT2D eigenvalue weighted by Gasteiger charge is 2.43. The quantitative estimate of drug-likeness (QED) is 0.891. The monoisotopic (exact) mass is 375 g/mol. The number of alkyl halides is 2. The Morgan fingerprint density at radius 2 is 1.70 bits per heavy atom. The topological polar surface area (TPSA) is 54.0 Å². The van der Waals surface area contributed by atoms with Gasteiger partial charge < -0.3 is 24.6 Å². The van der Waals surface area contributed by atoms with Crippen LogP contribution in [0.4, 0.5) is 20.2 Å². The van der Waals surface area contributed by atoms with Crippen LogP contribution in [-0.2, 0) is 4.79 Å². The van der Waals surface area contributed by atoms with Gasteiger partial charge in [0.2, 0.25) is 5.91 Å². The molecule has 0 aliphatic carbocycles. The highest BCUT2D eigenvalue weighted by atomic mass is 19.3. The molecule has 0 unspecified atom stereocenters. The second-order valence-electron chi connectivity index (χ2n) is 6.39. The first kappa shape index (κ1) is 17.4. The van der Waals surface area contributed by atoms with Crippen LogP contribution in [0.3, 0.4) is 0 Å². The summed E-state index contributed by atoms with van der Waals surface area (Å²) in [6.07, 6.45) is -3.64. The van der Waals surface area contributed by atoms with Crippen LogP contribution in [0.5, 0.6) is 11.5 Å². The van der Waals surface area contributed by atoms with Crippen molar-refractivity contribution in [3.63, 3.8) is 0 Å². The molecular formula is C19H19F2N3O3. The molecule has 2 aliphatic heterocycles. The summed E-state index contributed by atoms with van der Waals surface area (Å²) >= 11 is 0. The average Bonchev–Trinajstić information content (AvgIpc) is 3.00. The Labute approximate surface area is 155 Å². The lowest BCUT2D eigenvalue weighted by Gasteiger charge is -2.36. The molecule has 2 aromatic rings. The summed E-state index contributed by atoms with van der Waals surface area (Å²) in [5.74, 6) is -0.103. The fourth-order valence-corrected chi connectivity index (χ4v) is 3.20. The van der Waals surface area contributed by atoms with Crippen molar-refractivity contribution >= 4 is 17.3 Å². The van der Waals surface area contributed by atoms with E-state index in [0.717, 1.165) is 18.8 Å². The fraction of sp³-hybridized carbons (Fsp3) is 0.316. The first-order valence-electron chi connectivity index (χ1n) is 8.72. The van der Waals surface area contributed by atoms with E-state index in [1.165, 1.54) is 12.1 Å². The van der Waals surface area contributed by atoms with E-state index in [1.807, 2.05) is 18.2 Å². The first-order chi connectivity index (χ1) is 13.0. The second-order valence-corrected chi connectivity index (χ2v) is 6.39. The summed E-state index contributed by atoms with van der Waals surface area (Å²) in [7, 11) is 0. The standard InChI is InChI=1S/C19H19F2N3O3/c20-19(21)26-16-7-6-14(12-17(16)27-19)22-13-18(25)24-10-8-23(9-11-24)15-4-2-1-3-5-15/h1-7,12,22H,8-11,13H2. The van der Waals surface area contributed by atoms with Gasteiger partial charge in [0, 0.05) is 43.6 Å². The van der Waals surface area contributed by atoms with Gasteiger partial charge >= 0.3 is 6.29 Å². The van der Waals surface area contributed by atoms with Crippen molar-refractivity contribution in [1.29, 1.82) is 0 Å². The lowest BCUT2D eigenvalue weighted by Crippen LogP contribution is -2.50. The van der Waals surface area contributed by atoms with Crippen LogP contribution in [0.15, 0.2) is 48.5 Å². The molecule has 1 amide bonds. The van der Waals surface area contributed by atoms with Crippen molar-refractivity contribution in [2.75, 3.05) is 42.9 Å². The molecule has 0 radical (unpaired) electrons. The van der Waals surface area contributed by atoms with Gasteiger partial charge in [-0.2, -0.15) is 0 Å². The van der Waals surface area contributed by atoms with Gasteiger partial charge in [0.15, 0.2) is 11.5 Å². The smallest absolute Gasteiger partial charge is 0.395 e. The van der Waals surface area contributed by atoms with Crippen LogP contribution in [-0.4, -0.2) is 49.8 Å².